The first-order chi connectivity index (χ1) is 12.2. The highest BCUT2D eigenvalue weighted by Crippen LogP contribution is 2.37. The maximum atomic E-state index is 12.4. The molecule has 2 heterocycles. The van der Waals surface area contributed by atoms with Crippen molar-refractivity contribution in [1.82, 2.24) is 5.32 Å². The topological polar surface area (TPSA) is 50.8 Å². The summed E-state index contributed by atoms with van der Waals surface area (Å²) in [5.41, 5.74) is 2.14. The van der Waals surface area contributed by atoms with Crippen LogP contribution < -0.4 is 19.7 Å². The van der Waals surface area contributed by atoms with E-state index in [4.69, 9.17) is 9.47 Å². The highest BCUT2D eigenvalue weighted by atomic mass is 32.2. The van der Waals surface area contributed by atoms with Gasteiger partial charge < -0.3 is 19.7 Å². The Hall–Kier alpha value is -2.34. The van der Waals surface area contributed by atoms with E-state index >= 15 is 0 Å². The summed E-state index contributed by atoms with van der Waals surface area (Å²) in [5, 5.41) is 3.47. The molecule has 1 atom stereocenters. The number of fused-ring (bicyclic) bond motifs is 2. The van der Waals surface area contributed by atoms with E-state index in [1.54, 1.807) is 0 Å². The maximum absolute atomic E-state index is 12.4. The zero-order valence-corrected chi connectivity index (χ0v) is 14.8. The largest absolute Gasteiger partial charge is 0.454 e. The van der Waals surface area contributed by atoms with Crippen molar-refractivity contribution in [2.24, 2.45) is 0 Å². The number of hydrogen-bond acceptors (Lipinski definition) is 5. The second-order valence-corrected chi connectivity index (χ2v) is 7.72. The summed E-state index contributed by atoms with van der Waals surface area (Å²) in [5.74, 6) is 1.51. The zero-order chi connectivity index (χ0) is 17.2. The van der Waals surface area contributed by atoms with Gasteiger partial charge >= 0.3 is 0 Å². The van der Waals surface area contributed by atoms with Gasteiger partial charge in [0.2, 0.25) is 12.7 Å². The molecule has 1 unspecified atom stereocenters. The number of para-hydroxylation sites is 1. The van der Waals surface area contributed by atoms with Gasteiger partial charge in [0.1, 0.15) is 0 Å². The lowest BCUT2D eigenvalue weighted by Gasteiger charge is -2.33. The Morgan fingerprint density at radius 1 is 1.24 bits per heavy atom. The molecule has 1 amide bonds. The van der Waals surface area contributed by atoms with Gasteiger partial charge in [0.15, 0.2) is 11.5 Å². The quantitative estimate of drug-likeness (QED) is 0.913. The van der Waals surface area contributed by atoms with E-state index in [0.717, 1.165) is 29.3 Å². The summed E-state index contributed by atoms with van der Waals surface area (Å²) in [4.78, 5) is 15.8. The number of anilines is 1. The molecule has 0 aliphatic carbocycles. The summed E-state index contributed by atoms with van der Waals surface area (Å²) >= 11 is 1.87. The minimum absolute atomic E-state index is 0.0200. The molecule has 0 saturated heterocycles. The second-order valence-electron chi connectivity index (χ2n) is 6.24. The number of benzene rings is 2. The average Bonchev–Trinajstić information content (AvgIpc) is 3.07. The van der Waals surface area contributed by atoms with E-state index in [2.05, 4.69) is 29.3 Å². The zero-order valence-electron chi connectivity index (χ0n) is 14.0. The van der Waals surface area contributed by atoms with E-state index in [0.29, 0.717) is 18.3 Å². The van der Waals surface area contributed by atoms with Crippen LogP contribution in [0.25, 0.3) is 0 Å². The predicted molar refractivity (Wildman–Crippen MR) is 98.4 cm³/mol. The van der Waals surface area contributed by atoms with Crippen molar-refractivity contribution in [3.8, 4) is 11.5 Å². The van der Waals surface area contributed by atoms with Crippen LogP contribution in [0, 0.1) is 0 Å². The summed E-state index contributed by atoms with van der Waals surface area (Å²) in [6, 6.07) is 14.0. The van der Waals surface area contributed by atoms with Gasteiger partial charge in [-0.3, -0.25) is 4.79 Å². The van der Waals surface area contributed by atoms with Crippen molar-refractivity contribution in [3.05, 3.63) is 48.0 Å². The monoisotopic (exact) mass is 356 g/mol. The fourth-order valence-corrected chi connectivity index (χ4v) is 4.27. The van der Waals surface area contributed by atoms with Crippen molar-refractivity contribution in [2.45, 2.75) is 23.6 Å². The first-order valence-corrected chi connectivity index (χ1v) is 9.23. The molecule has 25 heavy (non-hydrogen) atoms. The fourth-order valence-electron chi connectivity index (χ4n) is 3.11. The van der Waals surface area contributed by atoms with Gasteiger partial charge in [0, 0.05) is 23.2 Å². The Balaban J connectivity index is 1.38. The van der Waals surface area contributed by atoms with E-state index in [1.165, 1.54) is 4.90 Å². The van der Waals surface area contributed by atoms with Gasteiger partial charge in [0.05, 0.1) is 12.2 Å². The second kappa shape index (κ2) is 6.88. The molecule has 1 N–H and O–H groups in total. The molecule has 0 saturated carbocycles. The van der Waals surface area contributed by atoms with Crippen LogP contribution in [-0.2, 0) is 11.3 Å². The summed E-state index contributed by atoms with van der Waals surface area (Å²) in [6.45, 7) is 4.18. The maximum Gasteiger partial charge on any atom is 0.239 e. The molecule has 2 aliphatic rings. The molecule has 4 rings (SSSR count). The molecule has 0 aromatic heterocycles. The van der Waals surface area contributed by atoms with Crippen molar-refractivity contribution in [3.63, 3.8) is 0 Å². The number of carbonyl (C=O) groups excluding carboxylic acids is 1. The number of nitrogens with zero attached hydrogens (tertiary/aromatic N) is 1. The van der Waals surface area contributed by atoms with Crippen LogP contribution in [0.2, 0.25) is 0 Å². The Morgan fingerprint density at radius 2 is 2.08 bits per heavy atom. The van der Waals surface area contributed by atoms with Crippen LogP contribution in [0.4, 0.5) is 5.69 Å². The van der Waals surface area contributed by atoms with Gasteiger partial charge in [-0.25, -0.2) is 0 Å². The molecule has 0 bridgehead atoms. The number of nitrogens with one attached hydrogen (secondary N) is 1. The lowest BCUT2D eigenvalue weighted by molar-refractivity contribution is -0.119. The molecular formula is C19H20N2O3S. The molecule has 2 aromatic rings. The first kappa shape index (κ1) is 16.1. The van der Waals surface area contributed by atoms with Crippen molar-refractivity contribution in [2.75, 3.05) is 24.8 Å². The number of thioether (sulfide) groups is 1. The van der Waals surface area contributed by atoms with E-state index in [-0.39, 0.29) is 12.7 Å². The van der Waals surface area contributed by atoms with Gasteiger partial charge in [-0.2, -0.15) is 0 Å². The first-order valence-electron chi connectivity index (χ1n) is 8.35. The number of carbonyl (C=O) groups is 1. The summed E-state index contributed by atoms with van der Waals surface area (Å²) < 4.78 is 10.7. The number of amides is 1. The minimum Gasteiger partial charge on any atom is -0.454 e. The number of rotatable bonds is 4. The van der Waals surface area contributed by atoms with E-state index in [9.17, 15) is 4.79 Å². The molecule has 2 aromatic carbocycles. The van der Waals surface area contributed by atoms with Gasteiger partial charge in [-0.15, -0.1) is 11.8 Å². The van der Waals surface area contributed by atoms with E-state index in [1.807, 2.05) is 42.1 Å². The minimum atomic E-state index is 0.0200. The third-order valence-electron chi connectivity index (χ3n) is 4.27. The third kappa shape index (κ3) is 3.54. The van der Waals surface area contributed by atoms with Gasteiger partial charge in [-0.1, -0.05) is 25.1 Å². The van der Waals surface area contributed by atoms with Crippen LogP contribution in [0.1, 0.15) is 12.5 Å². The molecular weight excluding hydrogens is 336 g/mol. The van der Waals surface area contributed by atoms with Crippen LogP contribution in [0.15, 0.2) is 47.4 Å². The highest BCUT2D eigenvalue weighted by molar-refractivity contribution is 8.00. The van der Waals surface area contributed by atoms with Crippen LogP contribution in [0.5, 0.6) is 11.5 Å². The van der Waals surface area contributed by atoms with Crippen LogP contribution in [-0.4, -0.2) is 31.0 Å². The Labute approximate surface area is 151 Å². The lowest BCUT2D eigenvalue weighted by Crippen LogP contribution is -2.41. The SMILES string of the molecule is CC1CN(CC(=O)NCc2ccc3c(c2)OCO3)c2ccccc2S1. The molecule has 130 valence electrons. The third-order valence-corrected chi connectivity index (χ3v) is 5.42. The average molecular weight is 356 g/mol. The summed E-state index contributed by atoms with van der Waals surface area (Å²) in [6.07, 6.45) is 0. The van der Waals surface area contributed by atoms with Gasteiger partial charge in [0.25, 0.3) is 0 Å². The molecule has 0 radical (unpaired) electrons. The van der Waals surface area contributed by atoms with Crippen molar-refractivity contribution in [1.29, 1.82) is 0 Å². The fraction of sp³-hybridized carbons (Fsp3) is 0.316. The standard InChI is InChI=1S/C19H20N2O3S/c1-13-10-21(15-4-2-3-5-18(15)25-13)11-19(22)20-9-14-6-7-16-17(8-14)24-12-23-16/h2-8,13H,9-12H2,1H3,(H,20,22). The molecule has 0 spiro atoms. The molecule has 6 heteroatoms. The number of hydrogen-bond donors (Lipinski definition) is 1. The normalized spacial score (nSPS) is 18.0. The smallest absolute Gasteiger partial charge is 0.239 e. The van der Waals surface area contributed by atoms with Crippen LogP contribution >= 0.6 is 11.8 Å². The predicted octanol–water partition coefficient (Wildman–Crippen LogP) is 3.03. The lowest BCUT2D eigenvalue weighted by atomic mass is 10.2. The molecule has 2 aliphatic heterocycles. The Morgan fingerprint density at radius 3 is 3.00 bits per heavy atom. The highest BCUT2D eigenvalue weighted by Gasteiger charge is 2.23. The van der Waals surface area contributed by atoms with Crippen molar-refractivity contribution < 1.29 is 14.3 Å². The number of ether oxygens (including phenoxy) is 2. The van der Waals surface area contributed by atoms with Crippen molar-refractivity contribution >= 4 is 23.4 Å². The molecule has 5 nitrogen and oxygen atoms in total. The van der Waals surface area contributed by atoms with Gasteiger partial charge in [-0.05, 0) is 29.8 Å². The summed E-state index contributed by atoms with van der Waals surface area (Å²) in [7, 11) is 0. The molecule has 0 fully saturated rings. The Kier molecular flexibility index (Phi) is 4.44. The Bertz CT molecular complexity index is 796. The van der Waals surface area contributed by atoms with Crippen LogP contribution in [0.3, 0.4) is 0 Å². The van der Waals surface area contributed by atoms with E-state index < -0.39 is 0 Å².